The van der Waals surface area contributed by atoms with Gasteiger partial charge in [-0.15, -0.1) is 0 Å². The molecule has 1 amide bonds. The summed E-state index contributed by atoms with van der Waals surface area (Å²) in [5, 5.41) is 12.4. The van der Waals surface area contributed by atoms with Gasteiger partial charge in [-0.2, -0.15) is 0 Å². The largest absolute Gasteiger partial charge is 0.481 e. The number of ether oxygens (including phenoxy) is 1. The van der Waals surface area contributed by atoms with Crippen molar-refractivity contribution < 1.29 is 19.4 Å². The maximum atomic E-state index is 12.4. The fraction of sp³-hybridized carbons (Fsp3) is 0.333. The van der Waals surface area contributed by atoms with Gasteiger partial charge in [0.2, 0.25) is 0 Å². The number of nitrogens with one attached hydrogen (secondary N) is 1. The molecule has 1 atom stereocenters. The van der Waals surface area contributed by atoms with Gasteiger partial charge in [0.25, 0.3) is 5.91 Å². The van der Waals surface area contributed by atoms with Crippen molar-refractivity contribution in [2.24, 2.45) is 0 Å². The van der Waals surface area contributed by atoms with Crippen LogP contribution in [0.3, 0.4) is 0 Å². The molecule has 2 aromatic carbocycles. The quantitative estimate of drug-likeness (QED) is 0.761. The van der Waals surface area contributed by atoms with Crippen LogP contribution in [0.5, 0.6) is 0 Å². The van der Waals surface area contributed by atoms with E-state index < -0.39 is 11.4 Å². The van der Waals surface area contributed by atoms with Gasteiger partial charge in [-0.1, -0.05) is 42.5 Å². The van der Waals surface area contributed by atoms with Crippen LogP contribution in [0.25, 0.3) is 0 Å². The summed E-state index contributed by atoms with van der Waals surface area (Å²) in [5.41, 5.74) is 0.921. The normalized spacial score (nSPS) is 13.2. The van der Waals surface area contributed by atoms with E-state index in [9.17, 15) is 14.7 Å². The number of hydrogen-bond donors (Lipinski definition) is 2. The highest BCUT2D eigenvalue weighted by molar-refractivity contribution is 5.94. The van der Waals surface area contributed by atoms with Crippen LogP contribution in [-0.4, -0.2) is 29.6 Å². The van der Waals surface area contributed by atoms with Crippen LogP contribution < -0.4 is 5.32 Å². The Balaban J connectivity index is 2.03. The molecule has 5 heteroatoms. The minimum Gasteiger partial charge on any atom is -0.481 e. The molecular formula is C21H25NO4. The maximum Gasteiger partial charge on any atom is 0.315 e. The van der Waals surface area contributed by atoms with Crippen LogP contribution in [-0.2, 0) is 21.6 Å². The Hall–Kier alpha value is -2.66. The first kappa shape index (κ1) is 19.7. The van der Waals surface area contributed by atoms with Crippen molar-refractivity contribution >= 4 is 11.9 Å². The minimum atomic E-state index is -1.19. The molecule has 26 heavy (non-hydrogen) atoms. The Morgan fingerprint density at radius 3 is 2.23 bits per heavy atom. The number of amides is 1. The highest BCUT2D eigenvalue weighted by Gasteiger charge is 2.35. The van der Waals surface area contributed by atoms with Crippen LogP contribution in [0.2, 0.25) is 0 Å². The number of benzene rings is 2. The third-order valence-electron chi connectivity index (χ3n) is 4.28. The minimum absolute atomic E-state index is 0.00337. The lowest BCUT2D eigenvalue weighted by atomic mass is 9.82. The predicted molar refractivity (Wildman–Crippen MR) is 100 cm³/mol. The zero-order valence-corrected chi connectivity index (χ0v) is 15.4. The molecule has 0 aromatic heterocycles. The summed E-state index contributed by atoms with van der Waals surface area (Å²) in [6.45, 7) is 6.04. The Kier molecular flexibility index (Phi) is 6.52. The van der Waals surface area contributed by atoms with Gasteiger partial charge in [-0.25, -0.2) is 0 Å². The average molecular weight is 355 g/mol. The van der Waals surface area contributed by atoms with E-state index in [0.717, 1.165) is 5.56 Å². The molecule has 0 saturated carbocycles. The van der Waals surface area contributed by atoms with Gasteiger partial charge in [-0.05, 0) is 44.0 Å². The highest BCUT2D eigenvalue weighted by Crippen LogP contribution is 2.23. The van der Waals surface area contributed by atoms with Crippen LogP contribution >= 0.6 is 0 Å². The third-order valence-corrected chi connectivity index (χ3v) is 4.28. The first-order valence-electron chi connectivity index (χ1n) is 8.60. The number of rotatable bonds is 8. The molecule has 0 aliphatic rings. The maximum absolute atomic E-state index is 12.4. The molecule has 0 bridgehead atoms. The molecule has 1 unspecified atom stereocenters. The van der Waals surface area contributed by atoms with Gasteiger partial charge < -0.3 is 15.2 Å². The summed E-state index contributed by atoms with van der Waals surface area (Å²) in [7, 11) is 0. The van der Waals surface area contributed by atoms with E-state index in [1.165, 1.54) is 0 Å². The summed E-state index contributed by atoms with van der Waals surface area (Å²) in [6, 6.07) is 16.0. The lowest BCUT2D eigenvalue weighted by molar-refractivity contribution is -0.142. The van der Waals surface area contributed by atoms with Crippen molar-refractivity contribution in [2.75, 3.05) is 6.54 Å². The second kappa shape index (κ2) is 8.63. The first-order chi connectivity index (χ1) is 12.3. The van der Waals surface area contributed by atoms with Crippen molar-refractivity contribution in [1.82, 2.24) is 5.32 Å². The monoisotopic (exact) mass is 355 g/mol. The van der Waals surface area contributed by atoms with Gasteiger partial charge in [0.1, 0.15) is 5.41 Å². The van der Waals surface area contributed by atoms with Gasteiger partial charge in [-0.3, -0.25) is 9.59 Å². The zero-order valence-electron chi connectivity index (χ0n) is 15.4. The number of carboxylic acid groups (broad SMARTS) is 1. The summed E-state index contributed by atoms with van der Waals surface area (Å²) in [4.78, 5) is 24.2. The smallest absolute Gasteiger partial charge is 0.315 e. The molecule has 0 aliphatic carbocycles. The number of carboxylic acids is 1. The predicted octanol–water partition coefficient (Wildman–Crippen LogP) is 3.38. The molecule has 0 fully saturated rings. The highest BCUT2D eigenvalue weighted by atomic mass is 16.5. The van der Waals surface area contributed by atoms with E-state index in [1.54, 1.807) is 43.3 Å². The van der Waals surface area contributed by atoms with E-state index >= 15 is 0 Å². The fourth-order valence-corrected chi connectivity index (χ4v) is 2.48. The third kappa shape index (κ3) is 4.92. The summed E-state index contributed by atoms with van der Waals surface area (Å²) >= 11 is 0. The van der Waals surface area contributed by atoms with E-state index in [2.05, 4.69) is 5.32 Å². The van der Waals surface area contributed by atoms with E-state index in [1.807, 2.05) is 32.0 Å². The lowest BCUT2D eigenvalue weighted by Gasteiger charge is -2.25. The Bertz CT molecular complexity index is 740. The summed E-state index contributed by atoms with van der Waals surface area (Å²) in [5.74, 6) is -1.28. The SMILES string of the molecule is CC(C)OCc1ccc(C(=O)NCC(C)(C(=O)O)c2ccccc2)cc1. The van der Waals surface area contributed by atoms with Crippen molar-refractivity contribution in [2.45, 2.75) is 38.9 Å². The molecule has 0 heterocycles. The van der Waals surface area contributed by atoms with Crippen molar-refractivity contribution in [1.29, 1.82) is 0 Å². The zero-order chi connectivity index (χ0) is 19.2. The molecule has 2 N–H and O–H groups in total. The molecule has 138 valence electrons. The Labute approximate surface area is 154 Å². The first-order valence-corrected chi connectivity index (χ1v) is 8.60. The molecule has 0 aliphatic heterocycles. The van der Waals surface area contributed by atoms with Gasteiger partial charge in [0, 0.05) is 12.1 Å². The van der Waals surface area contributed by atoms with Gasteiger partial charge in [0.15, 0.2) is 0 Å². The molecule has 2 aromatic rings. The van der Waals surface area contributed by atoms with Crippen LogP contribution in [0, 0.1) is 0 Å². The Morgan fingerprint density at radius 2 is 1.69 bits per heavy atom. The summed E-state index contributed by atoms with van der Waals surface area (Å²) < 4.78 is 5.53. The summed E-state index contributed by atoms with van der Waals surface area (Å²) in [6.07, 6.45) is 0.143. The molecular weight excluding hydrogens is 330 g/mol. The van der Waals surface area contributed by atoms with Crippen molar-refractivity contribution in [3.05, 3.63) is 71.3 Å². The van der Waals surface area contributed by atoms with Crippen molar-refractivity contribution in [3.63, 3.8) is 0 Å². The molecule has 2 rings (SSSR count). The van der Waals surface area contributed by atoms with E-state index in [-0.39, 0.29) is 18.6 Å². The topological polar surface area (TPSA) is 75.6 Å². The number of carbonyl (C=O) groups is 2. The van der Waals surface area contributed by atoms with Crippen molar-refractivity contribution in [3.8, 4) is 0 Å². The van der Waals surface area contributed by atoms with Crippen LogP contribution in [0.15, 0.2) is 54.6 Å². The Morgan fingerprint density at radius 1 is 1.08 bits per heavy atom. The molecule has 0 spiro atoms. The number of carbonyl (C=O) groups excluding carboxylic acids is 1. The second-order valence-corrected chi connectivity index (χ2v) is 6.74. The average Bonchev–Trinajstić information content (AvgIpc) is 2.65. The molecule has 0 saturated heterocycles. The standard InChI is InChI=1S/C21H25NO4/c1-15(2)26-13-16-9-11-17(12-10-16)19(23)22-14-21(3,20(24)25)18-7-5-4-6-8-18/h4-12,15H,13-14H2,1-3H3,(H,22,23)(H,24,25). The number of aliphatic carboxylic acids is 1. The van der Waals surface area contributed by atoms with Gasteiger partial charge >= 0.3 is 5.97 Å². The fourth-order valence-electron chi connectivity index (χ4n) is 2.48. The molecule has 0 radical (unpaired) electrons. The van der Waals surface area contributed by atoms with Crippen LogP contribution in [0.4, 0.5) is 0 Å². The second-order valence-electron chi connectivity index (χ2n) is 6.74. The van der Waals surface area contributed by atoms with Crippen LogP contribution in [0.1, 0.15) is 42.3 Å². The number of hydrogen-bond acceptors (Lipinski definition) is 3. The van der Waals surface area contributed by atoms with E-state index in [0.29, 0.717) is 17.7 Å². The lowest BCUT2D eigenvalue weighted by Crippen LogP contribution is -2.44. The van der Waals surface area contributed by atoms with E-state index in [4.69, 9.17) is 4.74 Å². The molecule has 5 nitrogen and oxygen atoms in total. The van der Waals surface area contributed by atoms with Gasteiger partial charge in [0.05, 0.1) is 12.7 Å².